The molecule has 8 heteroatoms. The van der Waals surface area contributed by atoms with Gasteiger partial charge in [-0.2, -0.15) is 0 Å². The van der Waals surface area contributed by atoms with E-state index >= 15 is 0 Å². The van der Waals surface area contributed by atoms with Crippen LogP contribution in [0, 0.1) is 0 Å². The van der Waals surface area contributed by atoms with Gasteiger partial charge in [-0.15, -0.1) is 0 Å². The number of thiazole rings is 1. The minimum Gasteiger partial charge on any atom is -0.477 e. The van der Waals surface area contributed by atoms with E-state index in [1.54, 1.807) is 4.57 Å². The number of aromatic nitrogens is 2. The van der Waals surface area contributed by atoms with Crippen molar-refractivity contribution in [1.29, 1.82) is 0 Å². The molecule has 146 valence electrons. The van der Waals surface area contributed by atoms with Gasteiger partial charge in [-0.05, 0) is 25.3 Å². The molecule has 0 amide bonds. The van der Waals surface area contributed by atoms with E-state index in [1.807, 2.05) is 37.3 Å². The molecule has 0 bridgehead atoms. The second-order valence-electron chi connectivity index (χ2n) is 7.00. The molecule has 7 nitrogen and oxygen atoms in total. The lowest BCUT2D eigenvalue weighted by Gasteiger charge is -2.38. The topological polar surface area (TPSA) is 95.7 Å². The van der Waals surface area contributed by atoms with Crippen molar-refractivity contribution in [1.82, 2.24) is 9.55 Å². The van der Waals surface area contributed by atoms with Crippen LogP contribution in [0.1, 0.15) is 35.7 Å². The standard InChI is InChI=1S/C20H21N3O4S/c1-2-22-12-14(18(25)26)15(24)16-17(22)21-19(28-16)23-10-8-20(27,9-11-23)13-6-4-3-5-7-13/h3-7,12,27H,2,8-11H2,1H3,(H,25,26). The molecular formula is C20H21N3O4S. The number of benzene rings is 1. The molecule has 2 aromatic heterocycles. The zero-order valence-electron chi connectivity index (χ0n) is 15.5. The third-order valence-electron chi connectivity index (χ3n) is 5.35. The molecule has 1 aliphatic heterocycles. The number of hydrogen-bond acceptors (Lipinski definition) is 6. The summed E-state index contributed by atoms with van der Waals surface area (Å²) < 4.78 is 2.06. The van der Waals surface area contributed by atoms with Crippen LogP contribution in [-0.2, 0) is 12.1 Å². The highest BCUT2D eigenvalue weighted by Gasteiger charge is 2.35. The average Bonchev–Trinajstić information content (AvgIpc) is 3.15. The number of carbonyl (C=O) groups is 1. The summed E-state index contributed by atoms with van der Waals surface area (Å²) in [4.78, 5) is 30.6. The molecule has 1 aliphatic rings. The van der Waals surface area contributed by atoms with Crippen LogP contribution < -0.4 is 10.3 Å². The molecule has 0 saturated carbocycles. The predicted molar refractivity (Wildman–Crippen MR) is 108 cm³/mol. The van der Waals surface area contributed by atoms with Crippen molar-refractivity contribution < 1.29 is 15.0 Å². The molecule has 4 rings (SSSR count). The number of fused-ring (bicyclic) bond motifs is 1. The summed E-state index contributed by atoms with van der Waals surface area (Å²) in [5, 5.41) is 21.0. The number of piperidine rings is 1. The second kappa shape index (κ2) is 7.03. The van der Waals surface area contributed by atoms with Crippen LogP contribution >= 0.6 is 11.3 Å². The Labute approximate surface area is 165 Å². The second-order valence-corrected chi connectivity index (χ2v) is 7.97. The Bertz CT molecular complexity index is 1080. The Kier molecular flexibility index (Phi) is 4.68. The van der Waals surface area contributed by atoms with Crippen LogP contribution in [-0.4, -0.2) is 38.8 Å². The highest BCUT2D eigenvalue weighted by molar-refractivity contribution is 7.22. The average molecular weight is 399 g/mol. The molecule has 3 heterocycles. The van der Waals surface area contributed by atoms with Crippen LogP contribution in [0.4, 0.5) is 5.13 Å². The Balaban J connectivity index is 1.65. The summed E-state index contributed by atoms with van der Waals surface area (Å²) in [5.41, 5.74) is -0.162. The predicted octanol–water partition coefficient (Wildman–Crippen LogP) is 2.66. The Morgan fingerprint density at radius 2 is 1.93 bits per heavy atom. The molecule has 28 heavy (non-hydrogen) atoms. The van der Waals surface area contributed by atoms with Crippen LogP contribution in [0.2, 0.25) is 0 Å². The third kappa shape index (κ3) is 3.08. The number of anilines is 1. The van der Waals surface area contributed by atoms with E-state index in [9.17, 15) is 19.8 Å². The van der Waals surface area contributed by atoms with Crippen molar-refractivity contribution >= 4 is 32.8 Å². The van der Waals surface area contributed by atoms with Gasteiger partial charge in [-0.25, -0.2) is 9.78 Å². The van der Waals surface area contributed by atoms with E-state index in [0.29, 0.717) is 48.0 Å². The van der Waals surface area contributed by atoms with Gasteiger partial charge in [0.15, 0.2) is 10.8 Å². The molecule has 1 saturated heterocycles. The normalized spacial score (nSPS) is 16.4. The highest BCUT2D eigenvalue weighted by atomic mass is 32.1. The van der Waals surface area contributed by atoms with Crippen molar-refractivity contribution in [3.63, 3.8) is 0 Å². The van der Waals surface area contributed by atoms with E-state index in [2.05, 4.69) is 9.88 Å². The zero-order chi connectivity index (χ0) is 19.9. The quantitative estimate of drug-likeness (QED) is 0.700. The van der Waals surface area contributed by atoms with Crippen LogP contribution in [0.25, 0.3) is 10.3 Å². The Morgan fingerprint density at radius 3 is 2.54 bits per heavy atom. The maximum absolute atomic E-state index is 12.5. The number of aliphatic hydroxyl groups is 1. The first-order valence-corrected chi connectivity index (χ1v) is 10.0. The number of aryl methyl sites for hydroxylation is 1. The van der Waals surface area contributed by atoms with E-state index in [1.165, 1.54) is 17.5 Å². The lowest BCUT2D eigenvalue weighted by atomic mass is 9.85. The summed E-state index contributed by atoms with van der Waals surface area (Å²) >= 11 is 1.22. The van der Waals surface area contributed by atoms with E-state index in [4.69, 9.17) is 0 Å². The van der Waals surface area contributed by atoms with Gasteiger partial charge in [0.2, 0.25) is 5.43 Å². The van der Waals surface area contributed by atoms with E-state index < -0.39 is 17.0 Å². The summed E-state index contributed by atoms with van der Waals surface area (Å²) in [6, 6.07) is 9.65. The van der Waals surface area contributed by atoms with Gasteiger partial charge in [0.05, 0.1) is 5.60 Å². The smallest absolute Gasteiger partial charge is 0.341 e. The molecule has 3 aromatic rings. The number of rotatable bonds is 4. The fourth-order valence-electron chi connectivity index (χ4n) is 3.68. The van der Waals surface area contributed by atoms with E-state index in [-0.39, 0.29) is 5.56 Å². The first-order valence-electron chi connectivity index (χ1n) is 9.23. The first kappa shape index (κ1) is 18.6. The number of nitrogens with zero attached hydrogens (tertiary/aromatic N) is 3. The third-order valence-corrected chi connectivity index (χ3v) is 6.45. The first-order chi connectivity index (χ1) is 13.4. The summed E-state index contributed by atoms with van der Waals surface area (Å²) in [6.45, 7) is 3.62. The Hall–Kier alpha value is -2.71. The SMILES string of the molecule is CCn1cc(C(=O)O)c(=O)c2sc(N3CCC(O)(c4ccccc4)CC3)nc21. The maximum Gasteiger partial charge on any atom is 0.341 e. The number of pyridine rings is 1. The van der Waals surface area contributed by atoms with Gasteiger partial charge in [-0.1, -0.05) is 41.7 Å². The lowest BCUT2D eigenvalue weighted by Crippen LogP contribution is -2.42. The summed E-state index contributed by atoms with van der Waals surface area (Å²) in [6.07, 6.45) is 2.48. The largest absolute Gasteiger partial charge is 0.477 e. The molecular weight excluding hydrogens is 378 g/mol. The number of carboxylic acids is 1. The number of hydrogen-bond donors (Lipinski definition) is 2. The van der Waals surface area contributed by atoms with Crippen LogP contribution in [0.3, 0.4) is 0 Å². The summed E-state index contributed by atoms with van der Waals surface area (Å²) in [5.74, 6) is -1.23. The van der Waals surface area contributed by atoms with E-state index in [0.717, 1.165) is 5.56 Å². The molecule has 0 radical (unpaired) electrons. The fraction of sp³-hybridized carbons (Fsp3) is 0.350. The Morgan fingerprint density at radius 1 is 1.25 bits per heavy atom. The monoisotopic (exact) mass is 399 g/mol. The van der Waals surface area contributed by atoms with Gasteiger partial charge >= 0.3 is 5.97 Å². The maximum atomic E-state index is 12.5. The van der Waals surface area contributed by atoms with Gasteiger partial charge in [0, 0.05) is 25.8 Å². The molecule has 1 fully saturated rings. The van der Waals surface area contributed by atoms with Gasteiger partial charge in [0.1, 0.15) is 10.3 Å². The van der Waals surface area contributed by atoms with Crippen molar-refractivity contribution in [3.05, 3.63) is 57.9 Å². The highest BCUT2D eigenvalue weighted by Crippen LogP contribution is 2.36. The fourth-order valence-corrected chi connectivity index (χ4v) is 4.76. The van der Waals surface area contributed by atoms with Crippen molar-refractivity contribution in [2.45, 2.75) is 31.9 Å². The minimum atomic E-state index is -1.23. The molecule has 0 atom stereocenters. The lowest BCUT2D eigenvalue weighted by molar-refractivity contribution is 0.0118. The number of carboxylic acid groups (broad SMARTS) is 1. The van der Waals surface area contributed by atoms with Gasteiger partial charge in [0.25, 0.3) is 0 Å². The number of aromatic carboxylic acids is 1. The molecule has 0 unspecified atom stereocenters. The molecule has 1 aromatic carbocycles. The summed E-state index contributed by atoms with van der Waals surface area (Å²) in [7, 11) is 0. The van der Waals surface area contributed by atoms with Crippen LogP contribution in [0.15, 0.2) is 41.3 Å². The van der Waals surface area contributed by atoms with Gasteiger partial charge < -0.3 is 19.7 Å². The van der Waals surface area contributed by atoms with Crippen LogP contribution in [0.5, 0.6) is 0 Å². The molecule has 0 spiro atoms. The van der Waals surface area contributed by atoms with Crippen molar-refractivity contribution in [3.8, 4) is 0 Å². The minimum absolute atomic E-state index is 0.235. The molecule has 0 aliphatic carbocycles. The van der Waals surface area contributed by atoms with Crippen molar-refractivity contribution in [2.75, 3.05) is 18.0 Å². The molecule has 2 N–H and O–H groups in total. The van der Waals surface area contributed by atoms with Gasteiger partial charge in [-0.3, -0.25) is 4.79 Å². The zero-order valence-corrected chi connectivity index (χ0v) is 16.3. The van der Waals surface area contributed by atoms with Crippen molar-refractivity contribution in [2.24, 2.45) is 0 Å².